The summed E-state index contributed by atoms with van der Waals surface area (Å²) in [6, 6.07) is 5.15. The van der Waals surface area contributed by atoms with Crippen LogP contribution < -0.4 is 20.5 Å². The lowest BCUT2D eigenvalue weighted by Gasteiger charge is -2.21. The molecule has 1 aliphatic rings. The zero-order valence-corrected chi connectivity index (χ0v) is 11.9. The predicted octanol–water partition coefficient (Wildman–Crippen LogP) is 1.94. The molecule has 0 aliphatic carbocycles. The van der Waals surface area contributed by atoms with Crippen molar-refractivity contribution in [3.63, 3.8) is 0 Å². The second kappa shape index (κ2) is 5.58. The van der Waals surface area contributed by atoms with Gasteiger partial charge >= 0.3 is 6.09 Å². The van der Waals surface area contributed by atoms with Gasteiger partial charge in [-0.25, -0.2) is 4.79 Å². The standard InChI is InChI=1S/C14H20N2O4/c1-14(2,3)20-13(17)16-7-10(15)9-4-5-11-12(6-9)19-8-18-11/h4-6,10H,7-8,15H2,1-3H3,(H,16,17)/t10-/m0/s1. The number of nitrogens with one attached hydrogen (secondary N) is 1. The highest BCUT2D eigenvalue weighted by atomic mass is 16.7. The minimum atomic E-state index is -0.521. The fourth-order valence-corrected chi connectivity index (χ4v) is 1.77. The summed E-state index contributed by atoms with van der Waals surface area (Å²) in [6.07, 6.45) is -0.478. The molecule has 0 unspecified atom stereocenters. The number of carbonyl (C=O) groups is 1. The Labute approximate surface area is 118 Å². The van der Waals surface area contributed by atoms with Crippen molar-refractivity contribution in [1.82, 2.24) is 5.32 Å². The van der Waals surface area contributed by atoms with E-state index in [2.05, 4.69) is 5.32 Å². The Balaban J connectivity index is 1.89. The number of hydrogen-bond donors (Lipinski definition) is 2. The van der Waals surface area contributed by atoms with Gasteiger partial charge in [0.25, 0.3) is 0 Å². The van der Waals surface area contributed by atoms with E-state index in [1.165, 1.54) is 0 Å². The molecular weight excluding hydrogens is 260 g/mol. The molecule has 1 aromatic rings. The first kappa shape index (κ1) is 14.5. The molecule has 20 heavy (non-hydrogen) atoms. The van der Waals surface area contributed by atoms with E-state index in [1.54, 1.807) is 0 Å². The predicted molar refractivity (Wildman–Crippen MR) is 73.7 cm³/mol. The van der Waals surface area contributed by atoms with Crippen LogP contribution in [-0.2, 0) is 4.74 Å². The summed E-state index contributed by atoms with van der Waals surface area (Å²) in [5.41, 5.74) is 6.38. The highest BCUT2D eigenvalue weighted by Crippen LogP contribution is 2.33. The third kappa shape index (κ3) is 3.77. The summed E-state index contributed by atoms with van der Waals surface area (Å²) >= 11 is 0. The highest BCUT2D eigenvalue weighted by Gasteiger charge is 2.18. The number of benzene rings is 1. The van der Waals surface area contributed by atoms with Gasteiger partial charge < -0.3 is 25.3 Å². The molecule has 1 amide bonds. The third-order valence-corrected chi connectivity index (χ3v) is 2.69. The second-order valence-corrected chi connectivity index (χ2v) is 5.60. The minimum Gasteiger partial charge on any atom is -0.454 e. The van der Waals surface area contributed by atoms with Crippen molar-refractivity contribution in [1.29, 1.82) is 0 Å². The number of fused-ring (bicyclic) bond motifs is 1. The lowest BCUT2D eigenvalue weighted by molar-refractivity contribution is 0.0524. The van der Waals surface area contributed by atoms with E-state index in [0.717, 1.165) is 5.56 Å². The van der Waals surface area contributed by atoms with Crippen LogP contribution in [0.3, 0.4) is 0 Å². The van der Waals surface area contributed by atoms with Crippen LogP contribution in [0.1, 0.15) is 32.4 Å². The monoisotopic (exact) mass is 280 g/mol. The molecule has 0 radical (unpaired) electrons. The first-order chi connectivity index (χ1) is 9.35. The van der Waals surface area contributed by atoms with Gasteiger partial charge in [-0.15, -0.1) is 0 Å². The van der Waals surface area contributed by atoms with Crippen LogP contribution in [0, 0.1) is 0 Å². The van der Waals surface area contributed by atoms with Crippen LogP contribution in [0.5, 0.6) is 11.5 Å². The minimum absolute atomic E-state index is 0.226. The van der Waals surface area contributed by atoms with Gasteiger partial charge in [-0.1, -0.05) is 6.07 Å². The number of hydrogen-bond acceptors (Lipinski definition) is 5. The number of carbonyl (C=O) groups excluding carboxylic acids is 1. The molecule has 110 valence electrons. The first-order valence-corrected chi connectivity index (χ1v) is 6.47. The molecule has 1 atom stereocenters. The van der Waals surface area contributed by atoms with E-state index in [-0.39, 0.29) is 19.4 Å². The fraction of sp³-hybridized carbons (Fsp3) is 0.500. The molecule has 1 aliphatic heterocycles. The Bertz CT molecular complexity index is 496. The number of amides is 1. The molecule has 1 aromatic carbocycles. The van der Waals surface area contributed by atoms with Gasteiger partial charge in [0, 0.05) is 12.6 Å². The molecule has 6 heteroatoms. The molecule has 2 rings (SSSR count). The largest absolute Gasteiger partial charge is 0.454 e. The third-order valence-electron chi connectivity index (χ3n) is 2.69. The van der Waals surface area contributed by atoms with Gasteiger partial charge in [0.05, 0.1) is 0 Å². The van der Waals surface area contributed by atoms with Gasteiger partial charge in [-0.3, -0.25) is 0 Å². The van der Waals surface area contributed by atoms with Crippen LogP contribution in [-0.4, -0.2) is 25.0 Å². The van der Waals surface area contributed by atoms with Gasteiger partial charge in [0.1, 0.15) is 5.60 Å². The Morgan fingerprint density at radius 2 is 2.10 bits per heavy atom. The molecule has 0 aromatic heterocycles. The Morgan fingerprint density at radius 1 is 1.40 bits per heavy atom. The summed E-state index contributed by atoms with van der Waals surface area (Å²) in [5, 5.41) is 2.65. The number of ether oxygens (including phenoxy) is 3. The molecule has 0 saturated carbocycles. The van der Waals surface area contributed by atoms with Crippen LogP contribution in [0.25, 0.3) is 0 Å². The summed E-state index contributed by atoms with van der Waals surface area (Å²) in [4.78, 5) is 11.5. The maximum absolute atomic E-state index is 11.5. The topological polar surface area (TPSA) is 82.8 Å². The second-order valence-electron chi connectivity index (χ2n) is 5.60. The number of alkyl carbamates (subject to hydrolysis) is 1. The quantitative estimate of drug-likeness (QED) is 0.884. The van der Waals surface area contributed by atoms with Crippen molar-refractivity contribution >= 4 is 6.09 Å². The zero-order chi connectivity index (χ0) is 14.8. The molecule has 1 heterocycles. The number of nitrogens with two attached hydrogens (primary N) is 1. The Kier molecular flexibility index (Phi) is 4.04. The summed E-state index contributed by atoms with van der Waals surface area (Å²) in [6.45, 7) is 5.94. The van der Waals surface area contributed by atoms with E-state index in [0.29, 0.717) is 11.5 Å². The molecule has 0 fully saturated rings. The SMILES string of the molecule is CC(C)(C)OC(=O)NC[C@H](N)c1ccc2c(c1)OCO2. The van der Waals surface area contributed by atoms with Crippen LogP contribution >= 0.6 is 0 Å². The van der Waals surface area contributed by atoms with Crippen molar-refractivity contribution < 1.29 is 19.0 Å². The fourth-order valence-electron chi connectivity index (χ4n) is 1.77. The molecule has 3 N–H and O–H groups in total. The average molecular weight is 280 g/mol. The maximum Gasteiger partial charge on any atom is 0.407 e. The van der Waals surface area contributed by atoms with Gasteiger partial charge in [0.2, 0.25) is 6.79 Å². The van der Waals surface area contributed by atoms with Crippen molar-refractivity contribution in [2.45, 2.75) is 32.4 Å². The molecular formula is C14H20N2O4. The Morgan fingerprint density at radius 3 is 2.80 bits per heavy atom. The van der Waals surface area contributed by atoms with Gasteiger partial charge in [-0.2, -0.15) is 0 Å². The van der Waals surface area contributed by atoms with Gasteiger partial charge in [0.15, 0.2) is 11.5 Å². The number of rotatable bonds is 3. The Hall–Kier alpha value is -1.95. The summed E-state index contributed by atoms with van der Waals surface area (Å²) in [7, 11) is 0. The molecule has 0 bridgehead atoms. The maximum atomic E-state index is 11.5. The van der Waals surface area contributed by atoms with E-state index < -0.39 is 11.7 Å². The zero-order valence-electron chi connectivity index (χ0n) is 11.9. The summed E-state index contributed by atoms with van der Waals surface area (Å²) < 4.78 is 15.7. The van der Waals surface area contributed by atoms with E-state index in [1.807, 2.05) is 39.0 Å². The molecule has 6 nitrogen and oxygen atoms in total. The molecule has 0 spiro atoms. The van der Waals surface area contributed by atoms with E-state index >= 15 is 0 Å². The van der Waals surface area contributed by atoms with Crippen molar-refractivity contribution in [2.75, 3.05) is 13.3 Å². The average Bonchev–Trinajstić information content (AvgIpc) is 2.80. The lowest BCUT2D eigenvalue weighted by atomic mass is 10.1. The lowest BCUT2D eigenvalue weighted by Crippen LogP contribution is -2.36. The van der Waals surface area contributed by atoms with Crippen molar-refractivity contribution in [3.05, 3.63) is 23.8 Å². The van der Waals surface area contributed by atoms with Crippen molar-refractivity contribution in [2.24, 2.45) is 5.73 Å². The molecule has 0 saturated heterocycles. The normalized spacial score (nSPS) is 14.8. The van der Waals surface area contributed by atoms with E-state index in [9.17, 15) is 4.79 Å². The van der Waals surface area contributed by atoms with Gasteiger partial charge in [-0.05, 0) is 38.5 Å². The van der Waals surface area contributed by atoms with Crippen LogP contribution in [0.4, 0.5) is 4.79 Å². The van der Waals surface area contributed by atoms with Crippen LogP contribution in [0.15, 0.2) is 18.2 Å². The smallest absolute Gasteiger partial charge is 0.407 e. The van der Waals surface area contributed by atoms with E-state index in [4.69, 9.17) is 19.9 Å². The van der Waals surface area contributed by atoms with Crippen molar-refractivity contribution in [3.8, 4) is 11.5 Å². The first-order valence-electron chi connectivity index (χ1n) is 6.47. The summed E-state index contributed by atoms with van der Waals surface area (Å²) in [5.74, 6) is 1.39. The van der Waals surface area contributed by atoms with Crippen LogP contribution in [0.2, 0.25) is 0 Å². The highest BCUT2D eigenvalue weighted by molar-refractivity contribution is 5.67.